The minimum atomic E-state index is -0.710. The summed E-state index contributed by atoms with van der Waals surface area (Å²) in [6.45, 7) is 4.02. The number of hydrogen-bond donors (Lipinski definition) is 1. The van der Waals surface area contributed by atoms with Gasteiger partial charge >= 0.3 is 5.97 Å². The van der Waals surface area contributed by atoms with E-state index in [9.17, 15) is 9.59 Å². The molecule has 0 aliphatic heterocycles. The number of carbonyl (C=O) groups is 2. The van der Waals surface area contributed by atoms with Crippen LogP contribution in [0.2, 0.25) is 0 Å². The number of benzene rings is 1. The first kappa shape index (κ1) is 15.5. The molecule has 1 unspecified atom stereocenters. The van der Waals surface area contributed by atoms with Gasteiger partial charge < -0.3 is 10.1 Å². The van der Waals surface area contributed by atoms with Gasteiger partial charge in [0.2, 0.25) is 5.91 Å². The minimum absolute atomic E-state index is 0.180. The second-order valence-corrected chi connectivity index (χ2v) is 4.67. The number of rotatable bonds is 5. The Morgan fingerprint density at radius 1 is 1.32 bits per heavy atom. The van der Waals surface area contributed by atoms with Crippen molar-refractivity contribution in [1.29, 1.82) is 0 Å². The van der Waals surface area contributed by atoms with E-state index < -0.39 is 12.0 Å². The maximum atomic E-state index is 11.6. The Morgan fingerprint density at radius 3 is 2.53 bits per heavy atom. The van der Waals surface area contributed by atoms with E-state index in [1.807, 2.05) is 32.0 Å². The summed E-state index contributed by atoms with van der Waals surface area (Å²) in [5.41, 5.74) is 3.29. The van der Waals surface area contributed by atoms with Crippen LogP contribution in [0.3, 0.4) is 0 Å². The molecule has 0 radical (unpaired) electrons. The summed E-state index contributed by atoms with van der Waals surface area (Å²) in [5.74, 6) is -1.04. The Morgan fingerprint density at radius 2 is 2.00 bits per heavy atom. The highest BCUT2D eigenvalue weighted by molar-refractivity contribution is 6.27. The average molecular weight is 284 g/mol. The molecule has 1 atom stereocenters. The fraction of sp³-hybridized carbons (Fsp3) is 0.429. The zero-order chi connectivity index (χ0) is 14.4. The highest BCUT2D eigenvalue weighted by Crippen LogP contribution is 2.12. The number of ether oxygens (including phenoxy) is 1. The first-order valence-electron chi connectivity index (χ1n) is 5.97. The fourth-order valence-electron chi connectivity index (χ4n) is 1.73. The minimum Gasteiger partial charge on any atom is -0.467 e. The van der Waals surface area contributed by atoms with Gasteiger partial charge in [0, 0.05) is 6.42 Å². The lowest BCUT2D eigenvalue weighted by Crippen LogP contribution is -2.43. The van der Waals surface area contributed by atoms with Gasteiger partial charge in [-0.15, -0.1) is 11.6 Å². The zero-order valence-corrected chi connectivity index (χ0v) is 12.1. The van der Waals surface area contributed by atoms with Crippen molar-refractivity contribution in [3.05, 3.63) is 34.9 Å². The second-order valence-electron chi connectivity index (χ2n) is 4.40. The quantitative estimate of drug-likeness (QED) is 0.661. The van der Waals surface area contributed by atoms with Crippen molar-refractivity contribution in [2.75, 3.05) is 13.0 Å². The van der Waals surface area contributed by atoms with E-state index >= 15 is 0 Å². The van der Waals surface area contributed by atoms with Crippen LogP contribution >= 0.6 is 11.6 Å². The standard InChI is InChI=1S/C14H18ClNO3/c1-9-4-5-11(6-10(9)2)7-12(14(18)19-3)16-13(17)8-15/h4-6,12H,7-8H2,1-3H3,(H,16,17). The Labute approximate surface area is 118 Å². The molecule has 104 valence electrons. The second kappa shape index (κ2) is 7.14. The summed E-state index contributed by atoms with van der Waals surface area (Å²) in [6, 6.07) is 5.21. The molecule has 0 heterocycles. The molecule has 4 nitrogen and oxygen atoms in total. The number of nitrogens with one attached hydrogen (secondary N) is 1. The number of halogens is 1. The van der Waals surface area contributed by atoms with Crippen LogP contribution in [0.15, 0.2) is 18.2 Å². The van der Waals surface area contributed by atoms with Gasteiger partial charge in [0.15, 0.2) is 0 Å². The predicted molar refractivity (Wildman–Crippen MR) is 74.3 cm³/mol. The lowest BCUT2D eigenvalue weighted by Gasteiger charge is -2.16. The van der Waals surface area contributed by atoms with Crippen LogP contribution in [-0.2, 0) is 20.7 Å². The normalized spacial score (nSPS) is 11.8. The summed E-state index contributed by atoms with van der Waals surface area (Å²) >= 11 is 5.43. The van der Waals surface area contributed by atoms with Gasteiger partial charge in [-0.3, -0.25) is 4.79 Å². The predicted octanol–water partition coefficient (Wildman–Crippen LogP) is 1.74. The van der Waals surface area contributed by atoms with Gasteiger partial charge in [-0.2, -0.15) is 0 Å². The summed E-state index contributed by atoms with van der Waals surface area (Å²) in [5, 5.41) is 2.55. The fourth-order valence-corrected chi connectivity index (χ4v) is 1.81. The summed E-state index contributed by atoms with van der Waals surface area (Å²) < 4.78 is 4.69. The first-order valence-corrected chi connectivity index (χ1v) is 6.50. The smallest absolute Gasteiger partial charge is 0.328 e. The number of carbonyl (C=O) groups excluding carboxylic acids is 2. The summed E-state index contributed by atoms with van der Waals surface area (Å²) in [4.78, 5) is 22.9. The Bertz CT molecular complexity index is 474. The maximum absolute atomic E-state index is 11.6. The van der Waals surface area contributed by atoms with Crippen molar-refractivity contribution in [2.45, 2.75) is 26.3 Å². The molecule has 0 bridgehead atoms. The summed E-state index contributed by atoms with van der Waals surface area (Å²) in [7, 11) is 1.29. The van der Waals surface area contributed by atoms with E-state index in [1.165, 1.54) is 12.7 Å². The number of esters is 1. The van der Waals surface area contributed by atoms with E-state index in [4.69, 9.17) is 11.6 Å². The molecule has 1 N–H and O–H groups in total. The monoisotopic (exact) mass is 283 g/mol. The van der Waals surface area contributed by atoms with Crippen molar-refractivity contribution in [2.24, 2.45) is 0 Å². The molecule has 0 aliphatic rings. The van der Waals surface area contributed by atoms with Gasteiger partial charge in [0.25, 0.3) is 0 Å². The molecule has 19 heavy (non-hydrogen) atoms. The van der Waals surface area contributed by atoms with E-state index in [0.717, 1.165) is 11.1 Å². The average Bonchev–Trinajstić information content (AvgIpc) is 2.41. The van der Waals surface area contributed by atoms with E-state index in [0.29, 0.717) is 6.42 Å². The molecule has 0 aromatic heterocycles. The third-order valence-corrected chi connectivity index (χ3v) is 3.20. The van der Waals surface area contributed by atoms with Gasteiger partial charge in [-0.05, 0) is 30.5 Å². The lowest BCUT2D eigenvalue weighted by molar-refractivity contribution is -0.144. The maximum Gasteiger partial charge on any atom is 0.328 e. The van der Waals surface area contributed by atoms with Crippen molar-refractivity contribution in [3.63, 3.8) is 0 Å². The summed E-state index contributed by atoms with van der Waals surface area (Å²) in [6.07, 6.45) is 0.385. The van der Waals surface area contributed by atoms with Gasteiger partial charge in [0.05, 0.1) is 7.11 Å². The van der Waals surface area contributed by atoms with Crippen LogP contribution in [0.25, 0.3) is 0 Å². The lowest BCUT2D eigenvalue weighted by atomic mass is 10.0. The molecule has 1 aromatic rings. The third kappa shape index (κ3) is 4.56. The number of alkyl halides is 1. The number of amides is 1. The third-order valence-electron chi connectivity index (χ3n) is 2.95. The first-order chi connectivity index (χ1) is 8.97. The molecule has 0 saturated carbocycles. The molecule has 0 saturated heterocycles. The van der Waals surface area contributed by atoms with Crippen LogP contribution in [0, 0.1) is 13.8 Å². The van der Waals surface area contributed by atoms with Crippen molar-refractivity contribution in [1.82, 2.24) is 5.32 Å². The van der Waals surface area contributed by atoms with Crippen LogP contribution < -0.4 is 5.32 Å². The SMILES string of the molecule is COC(=O)C(Cc1ccc(C)c(C)c1)NC(=O)CCl. The largest absolute Gasteiger partial charge is 0.467 e. The number of methoxy groups -OCH3 is 1. The Hall–Kier alpha value is -1.55. The molecule has 1 rings (SSSR count). The molecule has 1 amide bonds. The molecule has 0 spiro atoms. The molecule has 5 heteroatoms. The van der Waals surface area contributed by atoms with Crippen LogP contribution in [-0.4, -0.2) is 30.9 Å². The highest BCUT2D eigenvalue weighted by atomic mass is 35.5. The molecule has 0 fully saturated rings. The molecule has 0 aliphatic carbocycles. The molecular weight excluding hydrogens is 266 g/mol. The van der Waals surface area contributed by atoms with Crippen molar-refractivity contribution < 1.29 is 14.3 Å². The van der Waals surface area contributed by atoms with E-state index in [2.05, 4.69) is 10.1 Å². The Kier molecular flexibility index (Phi) is 5.83. The molecular formula is C14H18ClNO3. The van der Waals surface area contributed by atoms with Crippen LogP contribution in [0.5, 0.6) is 0 Å². The van der Waals surface area contributed by atoms with Gasteiger partial charge in [0.1, 0.15) is 11.9 Å². The highest BCUT2D eigenvalue weighted by Gasteiger charge is 2.21. The van der Waals surface area contributed by atoms with Crippen molar-refractivity contribution >= 4 is 23.5 Å². The van der Waals surface area contributed by atoms with Crippen molar-refractivity contribution in [3.8, 4) is 0 Å². The number of hydrogen-bond acceptors (Lipinski definition) is 3. The van der Waals surface area contributed by atoms with Gasteiger partial charge in [-0.1, -0.05) is 18.2 Å². The topological polar surface area (TPSA) is 55.4 Å². The zero-order valence-electron chi connectivity index (χ0n) is 11.3. The Balaban J connectivity index is 2.84. The van der Waals surface area contributed by atoms with Crippen LogP contribution in [0.1, 0.15) is 16.7 Å². The van der Waals surface area contributed by atoms with Crippen LogP contribution in [0.4, 0.5) is 0 Å². The molecule has 1 aromatic carbocycles. The van der Waals surface area contributed by atoms with Gasteiger partial charge in [-0.25, -0.2) is 4.79 Å². The van der Waals surface area contributed by atoms with E-state index in [-0.39, 0.29) is 11.8 Å². The van der Waals surface area contributed by atoms with E-state index in [1.54, 1.807) is 0 Å². The number of aryl methyl sites for hydroxylation is 2.